The number of aromatic nitrogens is 5. The number of amides is 1. The number of hydrogen-bond donors (Lipinski definition) is 0. The second-order valence-corrected chi connectivity index (χ2v) is 12.3. The van der Waals surface area contributed by atoms with Crippen LogP contribution in [0.4, 0.5) is 13.2 Å². The van der Waals surface area contributed by atoms with E-state index in [-0.39, 0.29) is 29.2 Å². The number of halogens is 4. The molecule has 0 bridgehead atoms. The van der Waals surface area contributed by atoms with E-state index in [2.05, 4.69) is 53.1 Å². The molecular weight excluding hydrogens is 691 g/mol. The fourth-order valence-corrected chi connectivity index (χ4v) is 5.82. The zero-order valence-corrected chi connectivity index (χ0v) is 27.1. The fraction of sp³-hybridized carbons (Fsp3) is 0.206. The molecule has 3 aromatic carbocycles. The van der Waals surface area contributed by atoms with E-state index in [1.807, 2.05) is 46.8 Å². The lowest BCUT2D eigenvalue weighted by Gasteiger charge is -2.34. The summed E-state index contributed by atoms with van der Waals surface area (Å²) in [7, 11) is 1.86. The number of piperazine rings is 1. The van der Waals surface area contributed by atoms with Gasteiger partial charge in [-0.25, -0.2) is 9.97 Å². The molecule has 0 aliphatic carbocycles. The average Bonchev–Trinajstić information content (AvgIpc) is 3.71. The quantitative estimate of drug-likeness (QED) is 0.171. The van der Waals surface area contributed by atoms with Crippen molar-refractivity contribution in [1.29, 1.82) is 0 Å². The monoisotopic (exact) mass is 717 g/mol. The Bertz CT molecular complexity index is 2070. The zero-order valence-electron chi connectivity index (χ0n) is 25.5. The number of hydrogen-bond acceptors (Lipinski definition) is 8. The zero-order chi connectivity index (χ0) is 33.4. The van der Waals surface area contributed by atoms with Gasteiger partial charge in [0.1, 0.15) is 17.1 Å². The molecule has 0 saturated carbocycles. The fourth-order valence-electron chi connectivity index (χ4n) is 5.55. The van der Waals surface area contributed by atoms with Crippen LogP contribution in [0.3, 0.4) is 0 Å². The highest BCUT2D eigenvalue weighted by molar-refractivity contribution is 9.10. The van der Waals surface area contributed by atoms with Crippen LogP contribution in [0.15, 0.2) is 94.2 Å². The SMILES string of the molecule is Cn1c(C(=O)N2CCN(Cc3ccc(Br)cc3)CC2)cc2ccc(Oc3cnc(-c4nc(-c5ccc(C(F)(F)F)cc5)no4)cn3)cc21. The normalized spacial score (nSPS) is 14.1. The highest BCUT2D eigenvalue weighted by atomic mass is 79.9. The number of carbonyl (C=O) groups is 1. The van der Waals surface area contributed by atoms with Crippen LogP contribution < -0.4 is 4.74 Å². The minimum atomic E-state index is -4.44. The lowest BCUT2D eigenvalue weighted by molar-refractivity contribution is -0.137. The average molecular weight is 719 g/mol. The Labute approximate surface area is 280 Å². The molecule has 0 atom stereocenters. The van der Waals surface area contributed by atoms with Gasteiger partial charge in [-0.15, -0.1) is 0 Å². The third-order valence-corrected chi connectivity index (χ3v) is 8.71. The molecule has 244 valence electrons. The summed E-state index contributed by atoms with van der Waals surface area (Å²) in [5.41, 5.74) is 2.53. The largest absolute Gasteiger partial charge is 0.437 e. The maximum atomic E-state index is 13.5. The van der Waals surface area contributed by atoms with Crippen molar-refractivity contribution in [3.8, 4) is 34.6 Å². The van der Waals surface area contributed by atoms with Gasteiger partial charge in [-0.1, -0.05) is 45.4 Å². The molecular formula is C34H27BrF3N7O3. The smallest absolute Gasteiger partial charge is 0.416 e. The van der Waals surface area contributed by atoms with Crippen LogP contribution in [-0.4, -0.2) is 66.6 Å². The summed E-state index contributed by atoms with van der Waals surface area (Å²) in [5, 5.41) is 4.75. The molecule has 3 aromatic heterocycles. The summed E-state index contributed by atoms with van der Waals surface area (Å²) < 4.78 is 52.8. The van der Waals surface area contributed by atoms with Crippen LogP contribution in [-0.2, 0) is 19.8 Å². The van der Waals surface area contributed by atoms with E-state index in [9.17, 15) is 18.0 Å². The van der Waals surface area contributed by atoms with Crippen LogP contribution in [0.25, 0.3) is 33.9 Å². The van der Waals surface area contributed by atoms with Crippen LogP contribution in [0, 0.1) is 0 Å². The lowest BCUT2D eigenvalue weighted by atomic mass is 10.1. The Morgan fingerprint density at radius 3 is 2.38 bits per heavy atom. The Kier molecular flexibility index (Phi) is 8.43. The van der Waals surface area contributed by atoms with E-state index in [0.29, 0.717) is 30.1 Å². The molecule has 10 nitrogen and oxygen atoms in total. The minimum absolute atomic E-state index is 0.0107. The molecule has 6 aromatic rings. The van der Waals surface area contributed by atoms with Gasteiger partial charge in [-0.2, -0.15) is 18.2 Å². The van der Waals surface area contributed by atoms with Gasteiger partial charge in [0.05, 0.1) is 23.5 Å². The molecule has 14 heteroatoms. The third kappa shape index (κ3) is 6.66. The van der Waals surface area contributed by atoms with Crippen molar-refractivity contribution in [2.75, 3.05) is 26.2 Å². The minimum Gasteiger partial charge on any atom is -0.437 e. The molecule has 1 amide bonds. The molecule has 0 unspecified atom stereocenters. The predicted molar refractivity (Wildman–Crippen MR) is 174 cm³/mol. The Hall–Kier alpha value is -5.08. The first-order valence-electron chi connectivity index (χ1n) is 15.0. The van der Waals surface area contributed by atoms with E-state index in [4.69, 9.17) is 9.26 Å². The molecule has 1 saturated heterocycles. The van der Waals surface area contributed by atoms with Gasteiger partial charge in [-0.05, 0) is 48.0 Å². The third-order valence-electron chi connectivity index (χ3n) is 8.18. The summed E-state index contributed by atoms with van der Waals surface area (Å²) in [6.45, 7) is 3.76. The molecule has 1 fully saturated rings. The summed E-state index contributed by atoms with van der Waals surface area (Å²) in [5.74, 6) is 0.884. The second kappa shape index (κ2) is 12.8. The summed E-state index contributed by atoms with van der Waals surface area (Å²) in [4.78, 5) is 30.6. The predicted octanol–water partition coefficient (Wildman–Crippen LogP) is 7.22. The number of fused-ring (bicyclic) bond motifs is 1. The lowest BCUT2D eigenvalue weighted by Crippen LogP contribution is -2.48. The molecule has 4 heterocycles. The molecule has 7 rings (SSSR count). The van der Waals surface area contributed by atoms with E-state index >= 15 is 0 Å². The van der Waals surface area contributed by atoms with E-state index in [1.54, 1.807) is 6.07 Å². The topological polar surface area (TPSA) is 102 Å². The van der Waals surface area contributed by atoms with Gasteiger partial charge >= 0.3 is 6.18 Å². The first kappa shape index (κ1) is 31.5. The van der Waals surface area contributed by atoms with Crippen molar-refractivity contribution in [2.24, 2.45) is 7.05 Å². The van der Waals surface area contributed by atoms with Gasteiger partial charge in [-0.3, -0.25) is 9.69 Å². The van der Waals surface area contributed by atoms with Crippen molar-refractivity contribution in [3.63, 3.8) is 0 Å². The van der Waals surface area contributed by atoms with Crippen LogP contribution in [0.2, 0.25) is 0 Å². The van der Waals surface area contributed by atoms with Crippen molar-refractivity contribution >= 4 is 32.7 Å². The first-order chi connectivity index (χ1) is 23.1. The van der Waals surface area contributed by atoms with E-state index in [1.165, 1.54) is 30.1 Å². The second-order valence-electron chi connectivity index (χ2n) is 11.3. The van der Waals surface area contributed by atoms with Gasteiger partial charge in [0, 0.05) is 61.3 Å². The molecule has 0 radical (unpaired) electrons. The molecule has 0 spiro atoms. The molecule has 1 aliphatic rings. The number of rotatable bonds is 7. The maximum absolute atomic E-state index is 13.5. The van der Waals surface area contributed by atoms with Crippen LogP contribution in [0.1, 0.15) is 21.6 Å². The molecule has 1 aliphatic heterocycles. The van der Waals surface area contributed by atoms with E-state index < -0.39 is 11.7 Å². The number of nitrogens with zero attached hydrogens (tertiary/aromatic N) is 7. The number of alkyl halides is 3. The van der Waals surface area contributed by atoms with Crippen LogP contribution >= 0.6 is 15.9 Å². The van der Waals surface area contributed by atoms with Gasteiger partial charge in [0.25, 0.3) is 11.8 Å². The van der Waals surface area contributed by atoms with Crippen molar-refractivity contribution in [3.05, 3.63) is 106 Å². The molecule has 48 heavy (non-hydrogen) atoms. The summed E-state index contributed by atoms with van der Waals surface area (Å²) in [6, 6.07) is 20.2. The highest BCUT2D eigenvalue weighted by Crippen LogP contribution is 2.31. The van der Waals surface area contributed by atoms with E-state index in [0.717, 1.165) is 47.1 Å². The van der Waals surface area contributed by atoms with Crippen molar-refractivity contribution in [1.82, 2.24) is 34.5 Å². The summed E-state index contributed by atoms with van der Waals surface area (Å²) in [6.07, 6.45) is -1.64. The van der Waals surface area contributed by atoms with Crippen molar-refractivity contribution in [2.45, 2.75) is 12.7 Å². The maximum Gasteiger partial charge on any atom is 0.416 e. The highest BCUT2D eigenvalue weighted by Gasteiger charge is 2.30. The Morgan fingerprint density at radius 2 is 1.69 bits per heavy atom. The van der Waals surface area contributed by atoms with Gasteiger partial charge < -0.3 is 18.7 Å². The number of carbonyl (C=O) groups excluding carboxylic acids is 1. The number of aryl methyl sites for hydroxylation is 1. The van der Waals surface area contributed by atoms with Crippen molar-refractivity contribution < 1.29 is 27.2 Å². The summed E-state index contributed by atoms with van der Waals surface area (Å²) >= 11 is 3.48. The number of ether oxygens (including phenoxy) is 1. The van der Waals surface area contributed by atoms with Gasteiger partial charge in [0.15, 0.2) is 0 Å². The standard InChI is InChI=1S/C34H27BrF3N7O3/c1-43-28-17-26(11-6-23(28)16-29(43)33(46)45-14-12-44(13-15-45)20-21-2-9-25(35)10-3-21)47-30-19-39-27(18-40-30)32-41-31(42-48-32)22-4-7-24(8-5-22)34(36,37)38/h2-11,16-19H,12-15,20H2,1H3. The Morgan fingerprint density at radius 1 is 0.938 bits per heavy atom. The Balaban J connectivity index is 0.989. The van der Waals surface area contributed by atoms with Gasteiger partial charge in [0.2, 0.25) is 11.7 Å². The molecule has 0 N–H and O–H groups in total. The number of benzene rings is 3. The van der Waals surface area contributed by atoms with Crippen LogP contribution in [0.5, 0.6) is 11.6 Å². The first-order valence-corrected chi connectivity index (χ1v) is 15.8.